The highest BCUT2D eigenvalue weighted by Gasteiger charge is 2.24. The smallest absolute Gasteiger partial charge is 0.247 e. The lowest BCUT2D eigenvalue weighted by Gasteiger charge is -2.30. The number of hydrogen-bond acceptors (Lipinski definition) is 5. The lowest BCUT2D eigenvalue weighted by molar-refractivity contribution is -0.140. The number of amides is 2. The predicted octanol–water partition coefficient (Wildman–Crippen LogP) is 5.21. The molecule has 0 saturated heterocycles. The molecule has 2 amide bonds. The Morgan fingerprint density at radius 3 is 2.41 bits per heavy atom. The molecule has 0 bridgehead atoms. The predicted molar refractivity (Wildman–Crippen MR) is 144 cm³/mol. The van der Waals surface area contributed by atoms with Gasteiger partial charge in [-0.2, -0.15) is 0 Å². The second kappa shape index (κ2) is 13.9. The molecule has 0 fully saturated rings. The molecule has 0 spiro atoms. The van der Waals surface area contributed by atoms with Crippen LogP contribution in [0, 0.1) is 0 Å². The molecule has 1 aromatic heterocycles. The fourth-order valence-electron chi connectivity index (χ4n) is 3.93. The number of carbonyl (C=O) groups is 2. The van der Waals surface area contributed by atoms with E-state index in [9.17, 15) is 9.59 Å². The molecule has 37 heavy (non-hydrogen) atoms. The van der Waals surface area contributed by atoms with Gasteiger partial charge >= 0.3 is 0 Å². The summed E-state index contributed by atoms with van der Waals surface area (Å²) in [5.41, 5.74) is 1.94. The van der Waals surface area contributed by atoms with Gasteiger partial charge in [0.1, 0.15) is 12.3 Å². The van der Waals surface area contributed by atoms with Crippen LogP contribution in [0.15, 0.2) is 77.4 Å². The summed E-state index contributed by atoms with van der Waals surface area (Å²) in [4.78, 5) is 30.0. The molecule has 1 heterocycles. The minimum absolute atomic E-state index is 0.0143. The van der Waals surface area contributed by atoms with Crippen molar-refractivity contribution in [3.8, 4) is 11.5 Å². The van der Waals surface area contributed by atoms with Crippen LogP contribution in [0.4, 0.5) is 0 Å². The summed E-state index contributed by atoms with van der Waals surface area (Å²) in [5, 5.41) is 0. The van der Waals surface area contributed by atoms with Gasteiger partial charge in [-0.3, -0.25) is 9.59 Å². The van der Waals surface area contributed by atoms with E-state index in [0.717, 1.165) is 17.5 Å². The topological polar surface area (TPSA) is 72.2 Å². The lowest BCUT2D eigenvalue weighted by atomic mass is 10.1. The van der Waals surface area contributed by atoms with E-state index in [1.807, 2.05) is 68.4 Å². The number of furan rings is 1. The Morgan fingerprint density at radius 1 is 1.00 bits per heavy atom. The van der Waals surface area contributed by atoms with E-state index in [1.54, 1.807) is 42.4 Å². The van der Waals surface area contributed by atoms with Crippen LogP contribution in [0.1, 0.15) is 37.2 Å². The highest BCUT2D eigenvalue weighted by atomic mass is 16.5. The second-order valence-electron chi connectivity index (χ2n) is 8.80. The van der Waals surface area contributed by atoms with Gasteiger partial charge in [-0.1, -0.05) is 43.3 Å². The average molecular weight is 505 g/mol. The summed E-state index contributed by atoms with van der Waals surface area (Å²) < 4.78 is 16.3. The van der Waals surface area contributed by atoms with Gasteiger partial charge in [-0.25, -0.2) is 0 Å². The molecule has 3 rings (SSSR count). The van der Waals surface area contributed by atoms with Gasteiger partial charge in [0.25, 0.3) is 0 Å². The fraction of sp³-hybridized carbons (Fsp3) is 0.333. The van der Waals surface area contributed by atoms with Crippen molar-refractivity contribution < 1.29 is 23.5 Å². The molecule has 0 aliphatic heterocycles. The van der Waals surface area contributed by atoms with Crippen LogP contribution in [0.2, 0.25) is 0 Å². The SMILES string of the molecule is CCC(C)N(CC(=O)N(CCc1ccc(OC)c(OC)c1)Cc1ccco1)C(=O)C=Cc1ccccc1. The minimum atomic E-state index is -0.190. The first-order valence-corrected chi connectivity index (χ1v) is 12.5. The molecule has 0 N–H and O–H groups in total. The molecule has 0 aliphatic rings. The Kier molecular flexibility index (Phi) is 10.4. The first kappa shape index (κ1) is 27.6. The zero-order valence-electron chi connectivity index (χ0n) is 22.1. The van der Waals surface area contributed by atoms with E-state index in [4.69, 9.17) is 13.9 Å². The van der Waals surface area contributed by atoms with Gasteiger partial charge in [0.05, 0.1) is 27.0 Å². The highest BCUT2D eigenvalue weighted by Crippen LogP contribution is 2.27. The molecule has 1 atom stereocenters. The molecule has 0 aliphatic carbocycles. The van der Waals surface area contributed by atoms with Crippen molar-refractivity contribution in [3.63, 3.8) is 0 Å². The molecular weight excluding hydrogens is 468 g/mol. The molecule has 3 aromatic rings. The number of carbonyl (C=O) groups excluding carboxylic acids is 2. The number of ether oxygens (including phenoxy) is 2. The van der Waals surface area contributed by atoms with Crippen molar-refractivity contribution in [1.82, 2.24) is 9.80 Å². The van der Waals surface area contributed by atoms with Crippen molar-refractivity contribution in [3.05, 3.63) is 89.9 Å². The van der Waals surface area contributed by atoms with E-state index in [-0.39, 0.29) is 24.4 Å². The van der Waals surface area contributed by atoms with Gasteiger partial charge in [0, 0.05) is 18.7 Å². The van der Waals surface area contributed by atoms with Crippen molar-refractivity contribution in [2.24, 2.45) is 0 Å². The van der Waals surface area contributed by atoms with E-state index < -0.39 is 0 Å². The Labute approximate surface area is 219 Å². The Hall–Kier alpha value is -4.00. The molecule has 0 saturated carbocycles. The average Bonchev–Trinajstić information content (AvgIpc) is 3.45. The largest absolute Gasteiger partial charge is 0.493 e. The summed E-state index contributed by atoms with van der Waals surface area (Å²) in [6, 6.07) is 18.9. The number of methoxy groups -OCH3 is 2. The normalized spacial score (nSPS) is 11.8. The summed E-state index contributed by atoms with van der Waals surface area (Å²) in [7, 11) is 3.20. The number of hydrogen-bond donors (Lipinski definition) is 0. The molecule has 2 aromatic carbocycles. The van der Waals surface area contributed by atoms with E-state index in [2.05, 4.69) is 0 Å². The van der Waals surface area contributed by atoms with Gasteiger partial charge in [0.2, 0.25) is 11.8 Å². The first-order chi connectivity index (χ1) is 17.9. The standard InChI is InChI=1S/C30H36N2O5/c1-5-23(2)32(29(33)16-14-24-10-7-6-8-11-24)22-30(34)31(21-26-12-9-19-37-26)18-17-25-13-15-27(35-3)28(20-25)36-4/h6-16,19-20,23H,5,17-18,21-22H2,1-4H3. The van der Waals surface area contributed by atoms with E-state index in [0.29, 0.717) is 36.8 Å². The third kappa shape index (κ3) is 8.00. The van der Waals surface area contributed by atoms with Crippen LogP contribution in [-0.2, 0) is 22.6 Å². The zero-order valence-corrected chi connectivity index (χ0v) is 22.1. The quantitative estimate of drug-likeness (QED) is 0.299. The van der Waals surface area contributed by atoms with Crippen molar-refractivity contribution in [2.45, 2.75) is 39.3 Å². The molecule has 1 unspecified atom stereocenters. The van der Waals surface area contributed by atoms with Crippen LogP contribution < -0.4 is 9.47 Å². The van der Waals surface area contributed by atoms with Crippen molar-refractivity contribution >= 4 is 17.9 Å². The molecule has 0 radical (unpaired) electrons. The summed E-state index contributed by atoms with van der Waals surface area (Å²) >= 11 is 0. The molecule has 7 nitrogen and oxygen atoms in total. The van der Waals surface area contributed by atoms with Crippen LogP contribution in [0.3, 0.4) is 0 Å². The van der Waals surface area contributed by atoms with Gasteiger partial charge in [0.15, 0.2) is 11.5 Å². The van der Waals surface area contributed by atoms with Crippen LogP contribution in [-0.4, -0.2) is 55.0 Å². The third-order valence-electron chi connectivity index (χ3n) is 6.33. The van der Waals surface area contributed by atoms with Gasteiger partial charge < -0.3 is 23.7 Å². The zero-order chi connectivity index (χ0) is 26.6. The number of rotatable bonds is 13. The Morgan fingerprint density at radius 2 is 1.76 bits per heavy atom. The monoisotopic (exact) mass is 504 g/mol. The lowest BCUT2D eigenvalue weighted by Crippen LogP contribution is -2.46. The third-order valence-corrected chi connectivity index (χ3v) is 6.33. The Bertz CT molecular complexity index is 1160. The fourth-order valence-corrected chi connectivity index (χ4v) is 3.93. The van der Waals surface area contributed by atoms with Crippen molar-refractivity contribution in [2.75, 3.05) is 27.3 Å². The van der Waals surface area contributed by atoms with Crippen LogP contribution >= 0.6 is 0 Å². The molecular formula is C30H36N2O5. The number of nitrogens with zero attached hydrogens (tertiary/aromatic N) is 2. The van der Waals surface area contributed by atoms with Crippen molar-refractivity contribution in [1.29, 1.82) is 0 Å². The second-order valence-corrected chi connectivity index (χ2v) is 8.80. The summed E-state index contributed by atoms with van der Waals surface area (Å²) in [5.74, 6) is 1.65. The first-order valence-electron chi connectivity index (χ1n) is 12.5. The maximum atomic E-state index is 13.5. The van der Waals surface area contributed by atoms with Gasteiger partial charge in [-0.15, -0.1) is 0 Å². The maximum Gasteiger partial charge on any atom is 0.247 e. The summed E-state index contributed by atoms with van der Waals surface area (Å²) in [6.45, 7) is 4.73. The molecule has 196 valence electrons. The van der Waals surface area contributed by atoms with Crippen LogP contribution in [0.5, 0.6) is 11.5 Å². The summed E-state index contributed by atoms with van der Waals surface area (Å²) in [6.07, 6.45) is 6.25. The van der Waals surface area contributed by atoms with E-state index in [1.165, 1.54) is 6.08 Å². The highest BCUT2D eigenvalue weighted by molar-refractivity contribution is 5.94. The number of benzene rings is 2. The minimum Gasteiger partial charge on any atom is -0.493 e. The van der Waals surface area contributed by atoms with Crippen LogP contribution in [0.25, 0.3) is 6.08 Å². The van der Waals surface area contributed by atoms with Gasteiger partial charge in [-0.05, 0) is 61.2 Å². The Balaban J connectivity index is 1.75. The molecule has 7 heteroatoms. The maximum absolute atomic E-state index is 13.5. The van der Waals surface area contributed by atoms with E-state index >= 15 is 0 Å².